The molecular formula is C19H19NO3S. The summed E-state index contributed by atoms with van der Waals surface area (Å²) in [6.45, 7) is 7.91. The Bertz CT molecular complexity index is 839. The van der Waals surface area contributed by atoms with Gasteiger partial charge in [0.1, 0.15) is 0 Å². The number of nitrogens with zero attached hydrogens (tertiary/aromatic N) is 1. The van der Waals surface area contributed by atoms with Gasteiger partial charge in [0, 0.05) is 17.0 Å². The molecule has 5 heteroatoms. The molecule has 0 spiro atoms. The van der Waals surface area contributed by atoms with E-state index in [1.54, 1.807) is 24.3 Å². The van der Waals surface area contributed by atoms with Crippen LogP contribution in [0, 0.1) is 6.92 Å². The number of Topliss-reactive ketones (excluding diaryl/α,β-unsaturated/α-hetero) is 1. The quantitative estimate of drug-likeness (QED) is 0.669. The Balaban J connectivity index is 1.98. The van der Waals surface area contributed by atoms with Gasteiger partial charge in [0.25, 0.3) is 5.91 Å². The molecule has 1 N–H and O–H groups in total. The second-order valence-corrected chi connectivity index (χ2v) is 7.52. The summed E-state index contributed by atoms with van der Waals surface area (Å²) < 4.78 is 0. The standard InChI is InChI=1S/C19H19NO3S/c1-12(2)11-20-15-7-5-4-6-14(15)19(23,18(20)22)10-16(21)17-9-8-13(3)24-17/h4-9,23H,1,10-11H2,2-3H3/t19-/m0/s1. The molecule has 1 aliphatic rings. The van der Waals surface area contributed by atoms with Crippen LogP contribution in [0.3, 0.4) is 0 Å². The molecule has 1 amide bonds. The molecule has 1 aromatic heterocycles. The highest BCUT2D eigenvalue weighted by Gasteiger charge is 2.50. The number of hydrogen-bond acceptors (Lipinski definition) is 4. The smallest absolute Gasteiger partial charge is 0.264 e. The zero-order valence-corrected chi connectivity index (χ0v) is 14.5. The van der Waals surface area contributed by atoms with Crippen LogP contribution in [0.25, 0.3) is 0 Å². The summed E-state index contributed by atoms with van der Waals surface area (Å²) in [4.78, 5) is 28.5. The Morgan fingerprint density at radius 1 is 1.29 bits per heavy atom. The number of anilines is 1. The van der Waals surface area contributed by atoms with E-state index in [1.165, 1.54) is 16.2 Å². The van der Waals surface area contributed by atoms with E-state index in [9.17, 15) is 14.7 Å². The first-order valence-corrected chi connectivity index (χ1v) is 8.52. The van der Waals surface area contributed by atoms with E-state index in [0.29, 0.717) is 22.7 Å². The third-order valence-corrected chi connectivity index (χ3v) is 5.14. The first-order chi connectivity index (χ1) is 11.3. The highest BCUT2D eigenvalue weighted by molar-refractivity contribution is 7.14. The fraction of sp³-hybridized carbons (Fsp3) is 0.263. The van der Waals surface area contributed by atoms with E-state index in [4.69, 9.17) is 0 Å². The topological polar surface area (TPSA) is 57.6 Å². The molecular weight excluding hydrogens is 322 g/mol. The lowest BCUT2D eigenvalue weighted by Gasteiger charge is -2.22. The largest absolute Gasteiger partial charge is 0.375 e. The first kappa shape index (κ1) is 16.6. The summed E-state index contributed by atoms with van der Waals surface area (Å²) in [5.41, 5.74) is 0.116. The molecule has 1 aromatic carbocycles. The van der Waals surface area contributed by atoms with Crippen molar-refractivity contribution in [2.45, 2.75) is 25.9 Å². The molecule has 0 aliphatic carbocycles. The average Bonchev–Trinajstić information content (AvgIpc) is 3.05. The van der Waals surface area contributed by atoms with E-state index in [1.807, 2.05) is 26.0 Å². The van der Waals surface area contributed by atoms with E-state index in [-0.39, 0.29) is 12.2 Å². The Hall–Kier alpha value is -2.24. The van der Waals surface area contributed by atoms with Crippen LogP contribution < -0.4 is 4.90 Å². The Labute approximate surface area is 145 Å². The molecule has 124 valence electrons. The van der Waals surface area contributed by atoms with Gasteiger partial charge in [-0.25, -0.2) is 0 Å². The lowest BCUT2D eigenvalue weighted by atomic mass is 9.89. The van der Waals surface area contributed by atoms with Crippen LogP contribution in [0.1, 0.15) is 33.5 Å². The zero-order chi connectivity index (χ0) is 17.5. The normalized spacial score (nSPS) is 19.5. The highest BCUT2D eigenvalue weighted by atomic mass is 32.1. The molecule has 2 aromatic rings. The maximum Gasteiger partial charge on any atom is 0.264 e. The van der Waals surface area contributed by atoms with Crippen LogP contribution in [-0.2, 0) is 10.4 Å². The molecule has 0 fully saturated rings. The van der Waals surface area contributed by atoms with E-state index in [0.717, 1.165) is 10.5 Å². The third-order valence-electron chi connectivity index (χ3n) is 4.10. The molecule has 3 rings (SSSR count). The number of aliphatic hydroxyl groups is 1. The average molecular weight is 341 g/mol. The minimum atomic E-state index is -1.82. The third kappa shape index (κ3) is 2.70. The van der Waals surface area contributed by atoms with E-state index < -0.39 is 11.5 Å². The van der Waals surface area contributed by atoms with Gasteiger partial charge < -0.3 is 10.0 Å². The number of benzene rings is 1. The number of amides is 1. The number of hydrogen-bond donors (Lipinski definition) is 1. The van der Waals surface area contributed by atoms with Crippen LogP contribution in [-0.4, -0.2) is 23.3 Å². The summed E-state index contributed by atoms with van der Waals surface area (Å²) in [7, 11) is 0. The van der Waals surface area contributed by atoms with Crippen molar-refractivity contribution in [3.63, 3.8) is 0 Å². The molecule has 2 heterocycles. The van der Waals surface area contributed by atoms with Crippen molar-refractivity contribution in [3.8, 4) is 0 Å². The van der Waals surface area contributed by atoms with Gasteiger partial charge in [-0.3, -0.25) is 9.59 Å². The van der Waals surface area contributed by atoms with Gasteiger partial charge in [0.15, 0.2) is 11.4 Å². The monoisotopic (exact) mass is 341 g/mol. The van der Waals surface area contributed by atoms with Crippen molar-refractivity contribution >= 4 is 28.7 Å². The van der Waals surface area contributed by atoms with Gasteiger partial charge in [0.2, 0.25) is 0 Å². The van der Waals surface area contributed by atoms with Crippen molar-refractivity contribution in [3.05, 3.63) is 63.9 Å². The second-order valence-electron chi connectivity index (χ2n) is 6.24. The SMILES string of the molecule is C=C(C)CN1C(=O)[C@](O)(CC(=O)c2ccc(C)s2)c2ccccc21. The van der Waals surface area contributed by atoms with Crippen molar-refractivity contribution in [1.29, 1.82) is 0 Å². The molecule has 0 saturated carbocycles. The second kappa shape index (κ2) is 6.00. The Kier molecular flexibility index (Phi) is 4.15. The number of rotatable bonds is 5. The fourth-order valence-corrected chi connectivity index (χ4v) is 3.81. The molecule has 1 aliphatic heterocycles. The van der Waals surface area contributed by atoms with Crippen LogP contribution in [0.5, 0.6) is 0 Å². The summed E-state index contributed by atoms with van der Waals surface area (Å²) in [5, 5.41) is 11.1. The van der Waals surface area contributed by atoms with Gasteiger partial charge in [-0.2, -0.15) is 0 Å². The lowest BCUT2D eigenvalue weighted by Crippen LogP contribution is -2.42. The Morgan fingerprint density at radius 2 is 2.00 bits per heavy atom. The zero-order valence-electron chi connectivity index (χ0n) is 13.7. The van der Waals surface area contributed by atoms with Gasteiger partial charge in [-0.05, 0) is 32.0 Å². The number of ketones is 1. The number of thiophene rings is 1. The number of para-hydroxylation sites is 1. The van der Waals surface area contributed by atoms with Crippen molar-refractivity contribution in [1.82, 2.24) is 0 Å². The molecule has 0 radical (unpaired) electrons. The van der Waals surface area contributed by atoms with Gasteiger partial charge >= 0.3 is 0 Å². The predicted octanol–water partition coefficient (Wildman–Crippen LogP) is 3.44. The van der Waals surface area contributed by atoms with E-state index >= 15 is 0 Å². The minimum absolute atomic E-state index is 0.226. The molecule has 1 atom stereocenters. The predicted molar refractivity (Wildman–Crippen MR) is 95.5 cm³/mol. The number of fused-ring (bicyclic) bond motifs is 1. The van der Waals surface area contributed by atoms with Crippen molar-refractivity contribution < 1.29 is 14.7 Å². The highest BCUT2D eigenvalue weighted by Crippen LogP contribution is 2.43. The van der Waals surface area contributed by atoms with Gasteiger partial charge in [0.05, 0.1) is 17.0 Å². The summed E-state index contributed by atoms with van der Waals surface area (Å²) in [6.07, 6.45) is -0.254. The number of aryl methyl sites for hydroxylation is 1. The fourth-order valence-electron chi connectivity index (χ4n) is 3.01. The lowest BCUT2D eigenvalue weighted by molar-refractivity contribution is -0.135. The number of carbonyl (C=O) groups excluding carboxylic acids is 2. The molecule has 0 bridgehead atoms. The summed E-state index contributed by atoms with van der Waals surface area (Å²) >= 11 is 1.37. The van der Waals surface area contributed by atoms with Crippen LogP contribution >= 0.6 is 11.3 Å². The maximum absolute atomic E-state index is 12.9. The first-order valence-electron chi connectivity index (χ1n) is 7.71. The van der Waals surface area contributed by atoms with Crippen molar-refractivity contribution in [2.75, 3.05) is 11.4 Å². The van der Waals surface area contributed by atoms with Crippen LogP contribution in [0.4, 0.5) is 5.69 Å². The Morgan fingerprint density at radius 3 is 2.62 bits per heavy atom. The van der Waals surface area contributed by atoms with Crippen LogP contribution in [0.15, 0.2) is 48.6 Å². The maximum atomic E-state index is 12.9. The summed E-state index contributed by atoms with van der Waals surface area (Å²) in [6, 6.07) is 10.7. The van der Waals surface area contributed by atoms with Gasteiger partial charge in [-0.1, -0.05) is 30.4 Å². The van der Waals surface area contributed by atoms with E-state index in [2.05, 4.69) is 6.58 Å². The molecule has 0 saturated heterocycles. The molecule has 4 nitrogen and oxygen atoms in total. The van der Waals surface area contributed by atoms with Crippen LogP contribution in [0.2, 0.25) is 0 Å². The minimum Gasteiger partial charge on any atom is -0.375 e. The molecule has 0 unspecified atom stereocenters. The van der Waals surface area contributed by atoms with Crippen molar-refractivity contribution in [2.24, 2.45) is 0 Å². The molecule has 24 heavy (non-hydrogen) atoms. The summed E-state index contributed by atoms with van der Waals surface area (Å²) in [5.74, 6) is -0.691. The van der Waals surface area contributed by atoms with Gasteiger partial charge in [-0.15, -0.1) is 11.3 Å². The number of carbonyl (C=O) groups is 2.